The van der Waals surface area contributed by atoms with E-state index in [2.05, 4.69) is 0 Å². The SMILES string of the molecule is COC(=O)c1ccc([C@H]2/C(=C(\O)c3ccc4c(c3)C[C@H](C)O4)C(=O)C(=O)N2Cc2ccccc2)cc1. The van der Waals surface area contributed by atoms with Crippen LogP contribution in [0.2, 0.25) is 0 Å². The van der Waals surface area contributed by atoms with Gasteiger partial charge in [-0.2, -0.15) is 0 Å². The van der Waals surface area contributed by atoms with Gasteiger partial charge in [0.25, 0.3) is 11.7 Å². The zero-order valence-electron chi connectivity index (χ0n) is 19.9. The van der Waals surface area contributed by atoms with Gasteiger partial charge in [-0.15, -0.1) is 0 Å². The number of likely N-dealkylation sites (tertiary alicyclic amines) is 1. The minimum absolute atomic E-state index is 0.00802. The lowest BCUT2D eigenvalue weighted by molar-refractivity contribution is -0.140. The van der Waals surface area contributed by atoms with Gasteiger partial charge in [-0.25, -0.2) is 4.79 Å². The van der Waals surface area contributed by atoms with E-state index in [1.165, 1.54) is 12.0 Å². The van der Waals surface area contributed by atoms with Crippen LogP contribution in [0.4, 0.5) is 0 Å². The minimum atomic E-state index is -0.833. The monoisotopic (exact) mass is 483 g/mol. The molecule has 3 aromatic rings. The van der Waals surface area contributed by atoms with Crippen molar-refractivity contribution in [3.05, 3.63) is 106 Å². The lowest BCUT2D eigenvalue weighted by Crippen LogP contribution is -2.29. The Morgan fingerprint density at radius 1 is 1.03 bits per heavy atom. The third-order valence-electron chi connectivity index (χ3n) is 6.55. The molecule has 0 spiro atoms. The molecule has 0 saturated carbocycles. The summed E-state index contributed by atoms with van der Waals surface area (Å²) in [5, 5.41) is 11.4. The number of Topliss-reactive ketones (excluding diaryl/α,β-unsaturated/α-hetero) is 1. The maximum Gasteiger partial charge on any atom is 0.337 e. The van der Waals surface area contributed by atoms with Gasteiger partial charge in [0.1, 0.15) is 17.6 Å². The molecule has 0 aliphatic carbocycles. The van der Waals surface area contributed by atoms with E-state index in [-0.39, 0.29) is 24.0 Å². The highest BCUT2D eigenvalue weighted by atomic mass is 16.5. The molecule has 5 rings (SSSR count). The summed E-state index contributed by atoms with van der Waals surface area (Å²) >= 11 is 0. The highest BCUT2D eigenvalue weighted by Crippen LogP contribution is 2.41. The van der Waals surface area contributed by atoms with Crippen molar-refractivity contribution in [3.8, 4) is 5.75 Å². The number of benzene rings is 3. The van der Waals surface area contributed by atoms with Gasteiger partial charge >= 0.3 is 5.97 Å². The molecule has 2 heterocycles. The van der Waals surface area contributed by atoms with Crippen molar-refractivity contribution in [2.75, 3.05) is 7.11 Å². The molecule has 2 aliphatic heterocycles. The molecule has 1 N–H and O–H groups in total. The van der Waals surface area contributed by atoms with Gasteiger partial charge in [-0.3, -0.25) is 9.59 Å². The first-order valence-electron chi connectivity index (χ1n) is 11.7. The predicted octanol–water partition coefficient (Wildman–Crippen LogP) is 4.42. The Hall–Kier alpha value is -4.39. The number of aliphatic hydroxyl groups is 1. The van der Waals surface area contributed by atoms with Crippen molar-refractivity contribution in [2.45, 2.75) is 32.0 Å². The van der Waals surface area contributed by atoms with Gasteiger partial charge in [-0.1, -0.05) is 42.5 Å². The van der Waals surface area contributed by atoms with E-state index in [4.69, 9.17) is 9.47 Å². The van der Waals surface area contributed by atoms with Crippen LogP contribution in [0.25, 0.3) is 5.76 Å². The normalized spacial score (nSPS) is 20.2. The van der Waals surface area contributed by atoms with E-state index in [0.717, 1.165) is 16.9 Å². The van der Waals surface area contributed by atoms with Crippen molar-refractivity contribution in [3.63, 3.8) is 0 Å². The molecule has 0 unspecified atom stereocenters. The standard InChI is InChI=1S/C29H25NO6/c1-17-14-22-15-21(12-13-23(22)36-17)26(31)24-25(19-8-10-20(11-9-19)29(34)35-2)30(28(33)27(24)32)16-18-6-4-3-5-7-18/h3-13,15,17,25,31H,14,16H2,1-2H3/b26-24+/t17-,25-/m0/s1. The number of rotatable bonds is 5. The van der Waals surface area contributed by atoms with Gasteiger partial charge in [0.05, 0.1) is 24.3 Å². The number of carbonyl (C=O) groups is 3. The fourth-order valence-electron chi connectivity index (χ4n) is 4.81. The quantitative estimate of drug-likeness (QED) is 0.250. The zero-order chi connectivity index (χ0) is 25.4. The number of hydrogen-bond donors (Lipinski definition) is 1. The van der Waals surface area contributed by atoms with Crippen LogP contribution in [0.5, 0.6) is 5.75 Å². The van der Waals surface area contributed by atoms with Gasteiger partial charge in [0.2, 0.25) is 0 Å². The van der Waals surface area contributed by atoms with E-state index in [1.807, 2.05) is 37.3 Å². The molecule has 3 aromatic carbocycles. The van der Waals surface area contributed by atoms with E-state index in [1.54, 1.807) is 42.5 Å². The Morgan fingerprint density at radius 2 is 1.72 bits per heavy atom. The van der Waals surface area contributed by atoms with Crippen molar-refractivity contribution in [2.24, 2.45) is 0 Å². The fourth-order valence-corrected chi connectivity index (χ4v) is 4.81. The van der Waals surface area contributed by atoms with Gasteiger partial charge in [-0.05, 0) is 53.9 Å². The van der Waals surface area contributed by atoms with Crippen LogP contribution < -0.4 is 4.74 Å². The number of fused-ring (bicyclic) bond motifs is 1. The van der Waals surface area contributed by atoms with Gasteiger partial charge in [0.15, 0.2) is 0 Å². The van der Waals surface area contributed by atoms with Crippen LogP contribution in [0.3, 0.4) is 0 Å². The van der Waals surface area contributed by atoms with E-state index >= 15 is 0 Å². The van der Waals surface area contributed by atoms with Gasteiger partial charge < -0.3 is 19.5 Å². The van der Waals surface area contributed by atoms with E-state index in [0.29, 0.717) is 23.1 Å². The molecule has 1 saturated heterocycles. The van der Waals surface area contributed by atoms with Crippen molar-refractivity contribution < 1.29 is 29.0 Å². The molecule has 1 fully saturated rings. The predicted molar refractivity (Wildman–Crippen MR) is 132 cm³/mol. The number of nitrogens with zero attached hydrogens (tertiary/aromatic N) is 1. The summed E-state index contributed by atoms with van der Waals surface area (Å²) < 4.78 is 10.5. The third kappa shape index (κ3) is 4.13. The highest BCUT2D eigenvalue weighted by Gasteiger charge is 2.46. The molecule has 1 amide bonds. The smallest absolute Gasteiger partial charge is 0.337 e. The van der Waals surface area contributed by atoms with Crippen LogP contribution in [0.1, 0.15) is 45.6 Å². The fraction of sp³-hybridized carbons (Fsp3) is 0.207. The maximum absolute atomic E-state index is 13.3. The molecular weight excluding hydrogens is 458 g/mol. The van der Waals surface area contributed by atoms with Gasteiger partial charge in [0, 0.05) is 18.5 Å². The largest absolute Gasteiger partial charge is 0.507 e. The zero-order valence-corrected chi connectivity index (χ0v) is 19.9. The Bertz CT molecular complexity index is 1380. The summed E-state index contributed by atoms with van der Waals surface area (Å²) in [5.74, 6) is -1.43. The average Bonchev–Trinajstić information content (AvgIpc) is 3.39. The highest BCUT2D eigenvalue weighted by molar-refractivity contribution is 6.46. The molecular formula is C29H25NO6. The van der Waals surface area contributed by atoms with Crippen LogP contribution in [-0.4, -0.2) is 40.9 Å². The molecule has 36 heavy (non-hydrogen) atoms. The Kier molecular flexibility index (Phi) is 6.06. The maximum atomic E-state index is 13.3. The minimum Gasteiger partial charge on any atom is -0.507 e. The first-order chi connectivity index (χ1) is 17.4. The second-order valence-corrected chi connectivity index (χ2v) is 8.98. The summed E-state index contributed by atoms with van der Waals surface area (Å²) in [4.78, 5) is 39.9. The Balaban J connectivity index is 1.62. The Labute approximate surface area is 208 Å². The number of aliphatic hydroxyl groups excluding tert-OH is 1. The lowest BCUT2D eigenvalue weighted by atomic mass is 9.93. The second kappa shape index (κ2) is 9.34. The molecule has 0 aromatic heterocycles. The van der Waals surface area contributed by atoms with E-state index < -0.39 is 23.7 Å². The Morgan fingerprint density at radius 3 is 2.42 bits per heavy atom. The molecule has 7 heteroatoms. The number of hydrogen-bond acceptors (Lipinski definition) is 6. The van der Waals surface area contributed by atoms with Crippen LogP contribution in [0, 0.1) is 0 Å². The number of amides is 1. The van der Waals surface area contributed by atoms with Crippen LogP contribution in [-0.2, 0) is 27.3 Å². The summed E-state index contributed by atoms with van der Waals surface area (Å²) in [6.07, 6.45) is 0.721. The van der Waals surface area contributed by atoms with Crippen LogP contribution in [0.15, 0.2) is 78.4 Å². The number of ether oxygens (including phenoxy) is 2. The summed E-state index contributed by atoms with van der Waals surface area (Å²) in [7, 11) is 1.30. The topological polar surface area (TPSA) is 93.1 Å². The molecule has 2 atom stereocenters. The van der Waals surface area contributed by atoms with Crippen molar-refractivity contribution in [1.29, 1.82) is 0 Å². The summed E-state index contributed by atoms with van der Waals surface area (Å²) in [6.45, 7) is 2.15. The molecule has 0 radical (unpaired) electrons. The number of ketones is 1. The molecule has 2 aliphatic rings. The average molecular weight is 484 g/mol. The third-order valence-corrected chi connectivity index (χ3v) is 6.55. The van der Waals surface area contributed by atoms with Crippen molar-refractivity contribution in [1.82, 2.24) is 4.90 Å². The molecule has 0 bridgehead atoms. The number of esters is 1. The molecule has 182 valence electrons. The van der Waals surface area contributed by atoms with Crippen molar-refractivity contribution >= 4 is 23.4 Å². The van der Waals surface area contributed by atoms with E-state index in [9.17, 15) is 19.5 Å². The van der Waals surface area contributed by atoms with Crippen LogP contribution >= 0.6 is 0 Å². The molecule has 7 nitrogen and oxygen atoms in total. The summed E-state index contributed by atoms with van der Waals surface area (Å²) in [5.41, 5.74) is 3.17. The number of carbonyl (C=O) groups excluding carboxylic acids is 3. The lowest BCUT2D eigenvalue weighted by Gasteiger charge is -2.25. The summed E-state index contributed by atoms with van der Waals surface area (Å²) in [6, 6.07) is 20.3. The first kappa shape index (κ1) is 23.4. The number of methoxy groups -OCH3 is 1. The first-order valence-corrected chi connectivity index (χ1v) is 11.7. The second-order valence-electron chi connectivity index (χ2n) is 8.98.